The van der Waals surface area contributed by atoms with Crippen molar-refractivity contribution in [2.75, 3.05) is 0 Å². The Kier molecular flexibility index (Phi) is 8.67. The molecule has 2 aromatic carbocycles. The Bertz CT molecular complexity index is 881. The van der Waals surface area contributed by atoms with E-state index < -0.39 is 0 Å². The van der Waals surface area contributed by atoms with Crippen LogP contribution < -0.4 is 0 Å². The number of aryl methyl sites for hydroxylation is 4. The molecule has 2 saturated carbocycles. The molecule has 34 heavy (non-hydrogen) atoms. The molecule has 4 rings (SSSR count). The average Bonchev–Trinajstić information content (AvgIpc) is 2.83. The first-order chi connectivity index (χ1) is 16.4. The second-order valence-corrected chi connectivity index (χ2v) is 11.7. The fraction of sp³-hybridized carbons (Fsp3) is 0.606. The maximum Gasteiger partial charge on any atom is 0.134 e. The molecule has 2 aliphatic carbocycles. The topological polar surface area (TPSA) is 17.1 Å². The molecule has 2 aromatic rings. The molecule has 0 N–H and O–H groups in total. The van der Waals surface area contributed by atoms with Crippen LogP contribution in [-0.2, 0) is 4.79 Å². The highest BCUT2D eigenvalue weighted by Crippen LogP contribution is 2.43. The Morgan fingerprint density at radius 2 is 1.03 bits per heavy atom. The van der Waals surface area contributed by atoms with Gasteiger partial charge < -0.3 is 0 Å². The third-order valence-corrected chi connectivity index (χ3v) is 8.98. The first kappa shape index (κ1) is 25.2. The van der Waals surface area contributed by atoms with Crippen molar-refractivity contribution in [3.63, 3.8) is 0 Å². The zero-order valence-electron chi connectivity index (χ0n) is 22.2. The molecule has 0 bridgehead atoms. The number of hydrogen-bond donors (Lipinski definition) is 0. The standard InChI is InChI=1S/C33H46O/c1-23-15-17-30(25(3)19-23)32(27-11-7-5-8-12-27)21-29(34)22-33(28-13-9-6-10-14-28)31-18-16-24(2)20-26(31)4/h15-20,27-28,32-33H,5-14,21-22H2,1-4H3/t32-,33-/m0/s1. The van der Waals surface area contributed by atoms with Gasteiger partial charge >= 0.3 is 0 Å². The number of carbonyl (C=O) groups excluding carboxylic acids is 1. The van der Waals surface area contributed by atoms with Crippen molar-refractivity contribution in [2.45, 2.75) is 117 Å². The number of rotatable bonds is 8. The summed E-state index contributed by atoms with van der Waals surface area (Å²) in [5.41, 5.74) is 8.27. The summed E-state index contributed by atoms with van der Waals surface area (Å²) in [6.07, 6.45) is 14.6. The van der Waals surface area contributed by atoms with Gasteiger partial charge in [0.05, 0.1) is 0 Å². The number of ketones is 1. The van der Waals surface area contributed by atoms with Gasteiger partial charge in [0.2, 0.25) is 0 Å². The van der Waals surface area contributed by atoms with Gasteiger partial charge in [0, 0.05) is 12.8 Å². The van der Waals surface area contributed by atoms with Crippen LogP contribution in [0.2, 0.25) is 0 Å². The number of carbonyl (C=O) groups is 1. The zero-order valence-corrected chi connectivity index (χ0v) is 22.2. The molecule has 2 aliphatic rings. The fourth-order valence-corrected chi connectivity index (χ4v) is 7.19. The van der Waals surface area contributed by atoms with Gasteiger partial charge in [0.1, 0.15) is 5.78 Å². The lowest BCUT2D eigenvalue weighted by atomic mass is 9.70. The van der Waals surface area contributed by atoms with Gasteiger partial charge in [-0.15, -0.1) is 0 Å². The maximum atomic E-state index is 13.9. The van der Waals surface area contributed by atoms with Crippen LogP contribution in [0.15, 0.2) is 36.4 Å². The largest absolute Gasteiger partial charge is 0.300 e. The molecule has 0 spiro atoms. The summed E-state index contributed by atoms with van der Waals surface area (Å²) in [5.74, 6) is 2.59. The van der Waals surface area contributed by atoms with Crippen LogP contribution in [0.3, 0.4) is 0 Å². The minimum atomic E-state index is 0.388. The quantitative estimate of drug-likeness (QED) is 0.385. The number of Topliss-reactive ketones (excluding diaryl/α,β-unsaturated/α-hetero) is 1. The van der Waals surface area contributed by atoms with Crippen molar-refractivity contribution >= 4 is 5.78 Å². The summed E-state index contributed by atoms with van der Waals surface area (Å²) in [4.78, 5) is 13.9. The van der Waals surface area contributed by atoms with Crippen LogP contribution in [0.1, 0.15) is 122 Å². The van der Waals surface area contributed by atoms with E-state index in [1.54, 1.807) is 0 Å². The van der Waals surface area contributed by atoms with E-state index in [1.165, 1.54) is 97.6 Å². The highest BCUT2D eigenvalue weighted by molar-refractivity contribution is 5.80. The molecule has 1 heteroatoms. The molecule has 0 aromatic heterocycles. The molecule has 0 saturated heterocycles. The molecular weight excluding hydrogens is 412 g/mol. The van der Waals surface area contributed by atoms with E-state index >= 15 is 0 Å². The minimum Gasteiger partial charge on any atom is -0.300 e. The molecular formula is C33H46O. The van der Waals surface area contributed by atoms with Gasteiger partial charge in [-0.25, -0.2) is 0 Å². The summed E-state index contributed by atoms with van der Waals surface area (Å²) in [5, 5.41) is 0. The van der Waals surface area contributed by atoms with Crippen LogP contribution in [0.5, 0.6) is 0 Å². The van der Waals surface area contributed by atoms with E-state index in [9.17, 15) is 4.79 Å². The van der Waals surface area contributed by atoms with Gasteiger partial charge in [-0.3, -0.25) is 4.79 Å². The molecule has 0 aliphatic heterocycles. The second kappa shape index (κ2) is 11.7. The summed E-state index contributed by atoms with van der Waals surface area (Å²) in [6.45, 7) is 8.86. The maximum absolute atomic E-state index is 13.9. The smallest absolute Gasteiger partial charge is 0.134 e. The van der Waals surface area contributed by atoms with Crippen LogP contribution in [0.4, 0.5) is 0 Å². The molecule has 0 amide bonds. The van der Waals surface area contributed by atoms with Gasteiger partial charge in [0.15, 0.2) is 0 Å². The Hall–Kier alpha value is -1.89. The Morgan fingerprint density at radius 3 is 1.38 bits per heavy atom. The Morgan fingerprint density at radius 1 is 0.647 bits per heavy atom. The summed E-state index contributed by atoms with van der Waals surface area (Å²) >= 11 is 0. The summed E-state index contributed by atoms with van der Waals surface area (Å²) < 4.78 is 0. The Labute approximate surface area is 208 Å². The van der Waals surface area contributed by atoms with Crippen LogP contribution in [0.25, 0.3) is 0 Å². The van der Waals surface area contributed by atoms with E-state index in [-0.39, 0.29) is 0 Å². The lowest BCUT2D eigenvalue weighted by Gasteiger charge is -2.34. The van der Waals surface area contributed by atoms with Gasteiger partial charge in [-0.05, 0) is 99.3 Å². The molecule has 2 atom stereocenters. The van der Waals surface area contributed by atoms with Crippen molar-refractivity contribution in [3.05, 3.63) is 69.8 Å². The van der Waals surface area contributed by atoms with Gasteiger partial charge in [0.25, 0.3) is 0 Å². The van der Waals surface area contributed by atoms with E-state index in [1.807, 2.05) is 0 Å². The Balaban J connectivity index is 1.58. The lowest BCUT2D eigenvalue weighted by molar-refractivity contribution is -0.120. The molecule has 0 unspecified atom stereocenters. The van der Waals surface area contributed by atoms with Crippen molar-refractivity contribution in [2.24, 2.45) is 11.8 Å². The lowest BCUT2D eigenvalue weighted by Crippen LogP contribution is -2.24. The van der Waals surface area contributed by atoms with Crippen molar-refractivity contribution in [3.8, 4) is 0 Å². The number of hydrogen-bond acceptors (Lipinski definition) is 1. The highest BCUT2D eigenvalue weighted by atomic mass is 16.1. The molecule has 0 radical (unpaired) electrons. The first-order valence-electron chi connectivity index (χ1n) is 14.1. The SMILES string of the molecule is Cc1ccc([C@@H](CC(=O)C[C@H](c2ccc(C)cc2C)C2CCCCC2)C2CCCCC2)c(C)c1. The van der Waals surface area contributed by atoms with Gasteiger partial charge in [-0.1, -0.05) is 86.1 Å². The summed E-state index contributed by atoms with van der Waals surface area (Å²) in [7, 11) is 0. The van der Waals surface area contributed by atoms with Crippen molar-refractivity contribution < 1.29 is 4.79 Å². The molecule has 2 fully saturated rings. The van der Waals surface area contributed by atoms with Crippen LogP contribution in [0, 0.1) is 39.5 Å². The predicted octanol–water partition coefficient (Wildman–Crippen LogP) is 9.30. The third kappa shape index (κ3) is 6.21. The fourth-order valence-electron chi connectivity index (χ4n) is 7.19. The van der Waals surface area contributed by atoms with Crippen molar-refractivity contribution in [1.29, 1.82) is 0 Å². The first-order valence-corrected chi connectivity index (χ1v) is 14.1. The second-order valence-electron chi connectivity index (χ2n) is 11.7. The summed E-state index contributed by atoms with van der Waals surface area (Å²) in [6, 6.07) is 13.8. The van der Waals surface area contributed by atoms with E-state index in [0.717, 1.165) is 12.8 Å². The molecule has 184 valence electrons. The molecule has 1 nitrogen and oxygen atoms in total. The normalized spacial score (nSPS) is 19.6. The highest BCUT2D eigenvalue weighted by Gasteiger charge is 2.32. The van der Waals surface area contributed by atoms with Crippen LogP contribution >= 0.6 is 0 Å². The zero-order chi connectivity index (χ0) is 24.1. The third-order valence-electron chi connectivity index (χ3n) is 8.98. The van der Waals surface area contributed by atoms with Gasteiger partial charge in [-0.2, -0.15) is 0 Å². The van der Waals surface area contributed by atoms with Crippen LogP contribution in [-0.4, -0.2) is 5.78 Å². The monoisotopic (exact) mass is 458 g/mol. The minimum absolute atomic E-state index is 0.388. The van der Waals surface area contributed by atoms with E-state index in [0.29, 0.717) is 29.5 Å². The number of benzene rings is 2. The predicted molar refractivity (Wildman–Crippen MR) is 145 cm³/mol. The van der Waals surface area contributed by atoms with E-state index in [4.69, 9.17) is 0 Å². The van der Waals surface area contributed by atoms with Crippen molar-refractivity contribution in [1.82, 2.24) is 0 Å². The molecule has 0 heterocycles. The van der Waals surface area contributed by atoms with E-state index in [2.05, 4.69) is 64.1 Å². The average molecular weight is 459 g/mol.